The van der Waals surface area contributed by atoms with Gasteiger partial charge in [-0.15, -0.1) is 11.3 Å². The molecule has 3 rings (SSSR count). The van der Waals surface area contributed by atoms with Gasteiger partial charge in [-0.2, -0.15) is 0 Å². The minimum Gasteiger partial charge on any atom is -0.366 e. The quantitative estimate of drug-likeness (QED) is 0.588. The summed E-state index contributed by atoms with van der Waals surface area (Å²) >= 11 is 1.27. The molecular formula is C21H21N3O2S. The molecule has 1 heterocycles. The van der Waals surface area contributed by atoms with Crippen molar-refractivity contribution in [2.24, 2.45) is 5.73 Å². The normalized spacial score (nSPS) is 11.7. The SMILES string of the molecule is Cc1ccc([C@@H](NCC(=O)Nc2sccc2C(N)=O)c2ccccc2)cc1. The lowest BCUT2D eigenvalue weighted by atomic mass is 9.98. The summed E-state index contributed by atoms with van der Waals surface area (Å²) in [5, 5.41) is 8.26. The Morgan fingerprint density at radius 1 is 1.00 bits per heavy atom. The van der Waals surface area contributed by atoms with Crippen LogP contribution in [-0.2, 0) is 4.79 Å². The van der Waals surface area contributed by atoms with Crippen molar-refractivity contribution in [2.75, 3.05) is 11.9 Å². The van der Waals surface area contributed by atoms with Crippen LogP contribution in [0.5, 0.6) is 0 Å². The van der Waals surface area contributed by atoms with E-state index >= 15 is 0 Å². The maximum Gasteiger partial charge on any atom is 0.251 e. The van der Waals surface area contributed by atoms with Gasteiger partial charge in [-0.3, -0.25) is 14.9 Å². The molecule has 1 atom stereocenters. The highest BCUT2D eigenvalue weighted by atomic mass is 32.1. The van der Waals surface area contributed by atoms with Crippen molar-refractivity contribution >= 4 is 28.2 Å². The molecule has 0 aliphatic heterocycles. The van der Waals surface area contributed by atoms with E-state index in [1.54, 1.807) is 11.4 Å². The van der Waals surface area contributed by atoms with Crippen molar-refractivity contribution in [3.63, 3.8) is 0 Å². The maximum atomic E-state index is 12.4. The molecule has 6 heteroatoms. The molecule has 0 saturated heterocycles. The zero-order valence-electron chi connectivity index (χ0n) is 14.9. The minimum absolute atomic E-state index is 0.101. The molecule has 2 amide bonds. The summed E-state index contributed by atoms with van der Waals surface area (Å²) in [4.78, 5) is 23.8. The van der Waals surface area contributed by atoms with Crippen molar-refractivity contribution in [3.8, 4) is 0 Å². The van der Waals surface area contributed by atoms with Crippen LogP contribution in [0.25, 0.3) is 0 Å². The zero-order valence-corrected chi connectivity index (χ0v) is 15.8. The predicted octanol–water partition coefficient (Wildman–Crippen LogP) is 3.47. The highest BCUT2D eigenvalue weighted by Gasteiger charge is 2.17. The van der Waals surface area contributed by atoms with Crippen molar-refractivity contribution in [3.05, 3.63) is 88.3 Å². The van der Waals surface area contributed by atoms with Gasteiger partial charge >= 0.3 is 0 Å². The van der Waals surface area contributed by atoms with Gasteiger partial charge in [-0.1, -0.05) is 60.2 Å². The molecule has 0 fully saturated rings. The lowest BCUT2D eigenvalue weighted by Gasteiger charge is -2.20. The molecule has 0 bridgehead atoms. The van der Waals surface area contributed by atoms with E-state index in [0.29, 0.717) is 10.6 Å². The molecule has 138 valence electrons. The molecule has 0 radical (unpaired) electrons. The molecule has 2 aromatic carbocycles. The minimum atomic E-state index is -0.554. The molecule has 1 aromatic heterocycles. The number of hydrogen-bond donors (Lipinski definition) is 3. The Balaban J connectivity index is 1.73. The van der Waals surface area contributed by atoms with E-state index in [9.17, 15) is 9.59 Å². The monoisotopic (exact) mass is 379 g/mol. The largest absolute Gasteiger partial charge is 0.366 e. The second-order valence-corrected chi connectivity index (χ2v) is 7.13. The highest BCUT2D eigenvalue weighted by Crippen LogP contribution is 2.24. The molecule has 3 aromatic rings. The number of nitrogens with one attached hydrogen (secondary N) is 2. The molecular weight excluding hydrogens is 358 g/mol. The Morgan fingerprint density at radius 2 is 1.67 bits per heavy atom. The molecule has 0 saturated carbocycles. The van der Waals surface area contributed by atoms with Crippen LogP contribution in [0.2, 0.25) is 0 Å². The van der Waals surface area contributed by atoms with Gasteiger partial charge in [-0.05, 0) is 29.5 Å². The first-order valence-corrected chi connectivity index (χ1v) is 9.44. The number of hydrogen-bond acceptors (Lipinski definition) is 4. The van der Waals surface area contributed by atoms with Gasteiger partial charge in [0.1, 0.15) is 5.00 Å². The van der Waals surface area contributed by atoms with Crippen LogP contribution < -0.4 is 16.4 Å². The van der Waals surface area contributed by atoms with E-state index in [0.717, 1.165) is 11.1 Å². The van der Waals surface area contributed by atoms with Crippen LogP contribution in [0.4, 0.5) is 5.00 Å². The highest BCUT2D eigenvalue weighted by molar-refractivity contribution is 7.14. The van der Waals surface area contributed by atoms with Crippen molar-refractivity contribution in [1.82, 2.24) is 5.32 Å². The van der Waals surface area contributed by atoms with E-state index in [4.69, 9.17) is 5.73 Å². The Kier molecular flexibility index (Phi) is 6.01. The number of rotatable bonds is 7. The average molecular weight is 379 g/mol. The summed E-state index contributed by atoms with van der Waals surface area (Å²) in [7, 11) is 0. The van der Waals surface area contributed by atoms with Crippen LogP contribution in [0.1, 0.15) is 33.1 Å². The lowest BCUT2D eigenvalue weighted by molar-refractivity contribution is -0.115. The maximum absolute atomic E-state index is 12.4. The number of amides is 2. The first-order chi connectivity index (χ1) is 13.0. The summed E-state index contributed by atoms with van der Waals surface area (Å²) < 4.78 is 0. The van der Waals surface area contributed by atoms with Gasteiger partial charge < -0.3 is 11.1 Å². The molecule has 5 nitrogen and oxygen atoms in total. The van der Waals surface area contributed by atoms with Gasteiger partial charge in [0.15, 0.2) is 0 Å². The van der Waals surface area contributed by atoms with Gasteiger partial charge in [0.25, 0.3) is 5.91 Å². The lowest BCUT2D eigenvalue weighted by Crippen LogP contribution is -2.32. The van der Waals surface area contributed by atoms with Crippen LogP contribution >= 0.6 is 11.3 Å². The molecule has 0 aliphatic rings. The first-order valence-electron chi connectivity index (χ1n) is 8.56. The van der Waals surface area contributed by atoms with Gasteiger partial charge in [0, 0.05) is 0 Å². The molecule has 4 N–H and O–H groups in total. The summed E-state index contributed by atoms with van der Waals surface area (Å²) in [5.74, 6) is -0.783. The summed E-state index contributed by atoms with van der Waals surface area (Å²) in [6, 6.07) is 19.7. The fourth-order valence-corrected chi connectivity index (χ4v) is 3.61. The van der Waals surface area contributed by atoms with Gasteiger partial charge in [0.05, 0.1) is 18.2 Å². The number of thiophene rings is 1. The Labute approximate surface area is 162 Å². The molecule has 0 unspecified atom stereocenters. The fourth-order valence-electron chi connectivity index (χ4n) is 2.80. The van der Waals surface area contributed by atoms with E-state index in [1.807, 2.05) is 37.3 Å². The van der Waals surface area contributed by atoms with Crippen LogP contribution in [0.15, 0.2) is 66.0 Å². The van der Waals surface area contributed by atoms with Crippen LogP contribution in [0.3, 0.4) is 0 Å². The van der Waals surface area contributed by atoms with Crippen LogP contribution in [-0.4, -0.2) is 18.4 Å². The third-order valence-electron chi connectivity index (χ3n) is 4.19. The topological polar surface area (TPSA) is 84.2 Å². The predicted molar refractivity (Wildman–Crippen MR) is 109 cm³/mol. The Hall–Kier alpha value is -2.96. The van der Waals surface area contributed by atoms with E-state index in [-0.39, 0.29) is 18.5 Å². The Morgan fingerprint density at radius 3 is 2.33 bits per heavy atom. The second kappa shape index (κ2) is 8.62. The fraction of sp³-hybridized carbons (Fsp3) is 0.143. The number of anilines is 1. The van der Waals surface area contributed by atoms with Crippen molar-refractivity contribution in [1.29, 1.82) is 0 Å². The van der Waals surface area contributed by atoms with Crippen molar-refractivity contribution < 1.29 is 9.59 Å². The number of carbonyl (C=O) groups is 2. The van der Waals surface area contributed by atoms with Crippen molar-refractivity contribution in [2.45, 2.75) is 13.0 Å². The number of carbonyl (C=O) groups excluding carboxylic acids is 2. The number of nitrogens with two attached hydrogens (primary N) is 1. The standard InChI is InChI=1S/C21H21N3O2S/c1-14-7-9-16(10-8-14)19(15-5-3-2-4-6-15)23-13-18(25)24-21-17(20(22)26)11-12-27-21/h2-12,19,23H,13H2,1H3,(H2,22,26)(H,24,25)/t19-/m0/s1. The second-order valence-electron chi connectivity index (χ2n) is 6.21. The van der Waals surface area contributed by atoms with E-state index in [1.165, 1.54) is 16.9 Å². The molecule has 0 aliphatic carbocycles. The summed E-state index contributed by atoms with van der Waals surface area (Å²) in [6.45, 7) is 2.14. The van der Waals surface area contributed by atoms with Crippen LogP contribution in [0, 0.1) is 6.92 Å². The Bertz CT molecular complexity index is 920. The van der Waals surface area contributed by atoms with Gasteiger partial charge in [0.2, 0.25) is 5.91 Å². The summed E-state index contributed by atoms with van der Waals surface area (Å²) in [5.41, 5.74) is 8.98. The number of benzene rings is 2. The third kappa shape index (κ3) is 4.81. The van der Waals surface area contributed by atoms with E-state index in [2.05, 4.69) is 34.9 Å². The van der Waals surface area contributed by atoms with Gasteiger partial charge in [-0.25, -0.2) is 0 Å². The van der Waals surface area contributed by atoms with E-state index < -0.39 is 5.91 Å². The summed E-state index contributed by atoms with van der Waals surface area (Å²) in [6.07, 6.45) is 0. The number of primary amides is 1. The smallest absolute Gasteiger partial charge is 0.251 e. The molecule has 27 heavy (non-hydrogen) atoms. The average Bonchev–Trinajstić information content (AvgIpc) is 3.12. The third-order valence-corrected chi connectivity index (χ3v) is 5.02. The zero-order chi connectivity index (χ0) is 19.2. The first kappa shape index (κ1) is 18.8. The number of aryl methyl sites for hydroxylation is 1. The molecule has 0 spiro atoms.